The van der Waals surface area contributed by atoms with Crippen LogP contribution in [0.15, 0.2) is 115 Å². The van der Waals surface area contributed by atoms with Crippen LogP contribution in [0.1, 0.15) is 38.3 Å². The van der Waals surface area contributed by atoms with E-state index < -0.39 is 28.4 Å². The van der Waals surface area contributed by atoms with Gasteiger partial charge in [-0.3, -0.25) is 9.36 Å². The van der Waals surface area contributed by atoms with E-state index in [1.165, 1.54) is 12.1 Å². The molecule has 0 heterocycles. The predicted octanol–water partition coefficient (Wildman–Crippen LogP) is 8.22. The molecule has 0 aliphatic carbocycles. The number of rotatable bonds is 11. The van der Waals surface area contributed by atoms with Crippen molar-refractivity contribution in [2.75, 3.05) is 12.8 Å². The van der Waals surface area contributed by atoms with Gasteiger partial charge in [0.1, 0.15) is 12.4 Å². The monoisotopic (exact) mass is 678 g/mol. The first kappa shape index (κ1) is 35.0. The molecule has 2 unspecified atom stereocenters. The van der Waals surface area contributed by atoms with Crippen molar-refractivity contribution < 1.29 is 27.8 Å². The largest absolute Gasteiger partial charge is 0.481 e. The molecule has 2 atom stereocenters. The summed E-state index contributed by atoms with van der Waals surface area (Å²) in [5.41, 5.74) is 3.47. The summed E-state index contributed by atoms with van der Waals surface area (Å²) < 4.78 is 40.0. The lowest BCUT2D eigenvalue weighted by molar-refractivity contribution is -0.138. The third-order valence-corrected chi connectivity index (χ3v) is 14.8. The van der Waals surface area contributed by atoms with Gasteiger partial charge in [-0.2, -0.15) is 0 Å². The molecule has 5 nitrogen and oxygen atoms in total. The van der Waals surface area contributed by atoms with Crippen LogP contribution in [0, 0.1) is 24.6 Å². The van der Waals surface area contributed by atoms with Crippen LogP contribution >= 0.6 is 8.03 Å². The Labute approximate surface area is 283 Å². The fraction of sp³-hybridized carbons (Fsp3) is 0.225. The zero-order valence-corrected chi connectivity index (χ0v) is 29.6. The predicted molar refractivity (Wildman–Crippen MR) is 196 cm³/mol. The van der Waals surface area contributed by atoms with Crippen molar-refractivity contribution >= 4 is 43.5 Å². The van der Waals surface area contributed by atoms with E-state index in [0.717, 1.165) is 43.4 Å². The third kappa shape index (κ3) is 7.86. The van der Waals surface area contributed by atoms with Crippen molar-refractivity contribution in [1.82, 2.24) is 0 Å². The Kier molecular flexibility index (Phi) is 11.1. The number of carbonyl (C=O) groups is 1. The van der Waals surface area contributed by atoms with Gasteiger partial charge in [0, 0.05) is 17.3 Å². The van der Waals surface area contributed by atoms with E-state index in [1.807, 2.05) is 91.9 Å². The second-order valence-corrected chi connectivity index (χ2v) is 18.5. The summed E-state index contributed by atoms with van der Waals surface area (Å²) in [5.74, 6) is 4.90. The molecule has 0 spiro atoms. The zero-order valence-electron chi connectivity index (χ0n) is 27.6. The highest BCUT2D eigenvalue weighted by Crippen LogP contribution is 2.39. The van der Waals surface area contributed by atoms with Crippen molar-refractivity contribution in [3.63, 3.8) is 0 Å². The van der Waals surface area contributed by atoms with Gasteiger partial charge in [-0.15, -0.1) is 0 Å². The summed E-state index contributed by atoms with van der Waals surface area (Å²) in [4.78, 5) is 12.1. The molecule has 0 aromatic heterocycles. The minimum Gasteiger partial charge on any atom is -0.481 e. The molecule has 8 heteroatoms. The number of hydrogen-bond donors (Lipinski definition) is 1. The second-order valence-electron chi connectivity index (χ2n) is 12.8. The van der Waals surface area contributed by atoms with E-state index >= 15 is 0 Å². The maximum absolute atomic E-state index is 13.8. The topological polar surface area (TPSA) is 72.8 Å². The lowest BCUT2D eigenvalue weighted by Crippen LogP contribution is -2.68. The first-order valence-corrected chi connectivity index (χ1v) is 19.4. The maximum Gasteiger partial charge on any atom is 0.305 e. The second kappa shape index (κ2) is 15.3. The zero-order chi connectivity index (χ0) is 34.3. The summed E-state index contributed by atoms with van der Waals surface area (Å²) >= 11 is 0. The van der Waals surface area contributed by atoms with Crippen LogP contribution in [-0.4, -0.2) is 38.3 Å². The molecule has 0 radical (unpaired) electrons. The van der Waals surface area contributed by atoms with Crippen molar-refractivity contribution in [2.24, 2.45) is 0 Å². The van der Waals surface area contributed by atoms with Crippen molar-refractivity contribution in [3.05, 3.63) is 132 Å². The van der Waals surface area contributed by atoms with E-state index in [2.05, 4.69) is 38.7 Å². The van der Waals surface area contributed by atoms with Crippen LogP contribution in [0.5, 0.6) is 0 Å². The van der Waals surface area contributed by atoms with Crippen molar-refractivity contribution in [1.29, 1.82) is 0 Å². The number of carboxylic acids is 1. The number of benzene rings is 5. The van der Waals surface area contributed by atoms with Gasteiger partial charge < -0.3 is 14.1 Å². The maximum atomic E-state index is 13.8. The first-order valence-electron chi connectivity index (χ1n) is 15.9. The summed E-state index contributed by atoms with van der Waals surface area (Å²) in [6.45, 7) is 8.21. The average molecular weight is 679 g/mol. The van der Waals surface area contributed by atoms with Crippen LogP contribution in [0.25, 0.3) is 21.9 Å². The van der Waals surface area contributed by atoms with Crippen molar-refractivity contribution in [3.8, 4) is 23.0 Å². The third-order valence-electron chi connectivity index (χ3n) is 8.45. The van der Waals surface area contributed by atoms with Gasteiger partial charge in [0.2, 0.25) is 0 Å². The molecule has 5 aromatic rings. The van der Waals surface area contributed by atoms with Gasteiger partial charge >= 0.3 is 5.97 Å². The number of fused-ring (bicyclic) bond motifs is 1. The molecule has 48 heavy (non-hydrogen) atoms. The number of hydrogen-bond acceptors (Lipinski definition) is 4. The molecule has 0 saturated carbocycles. The quantitative estimate of drug-likeness (QED) is 0.0866. The average Bonchev–Trinajstić information content (AvgIpc) is 3.06. The highest BCUT2D eigenvalue weighted by Gasteiger charge is 2.51. The molecule has 246 valence electrons. The minimum atomic E-state index is -3.09. The van der Waals surface area contributed by atoms with Crippen LogP contribution in [0.4, 0.5) is 4.39 Å². The summed E-state index contributed by atoms with van der Waals surface area (Å²) in [6.07, 6.45) is -1.22. The number of carboxylic acid groups (broad SMARTS) is 1. The van der Waals surface area contributed by atoms with E-state index in [-0.39, 0.29) is 30.0 Å². The Bertz CT molecular complexity index is 1920. The van der Waals surface area contributed by atoms with E-state index in [1.54, 1.807) is 12.1 Å². The molecule has 5 rings (SSSR count). The Morgan fingerprint density at radius 3 is 2.06 bits per heavy atom. The summed E-state index contributed by atoms with van der Waals surface area (Å²) in [6, 6.07) is 36.3. The van der Waals surface area contributed by atoms with Crippen LogP contribution in [0.3, 0.4) is 0 Å². The molecule has 0 amide bonds. The van der Waals surface area contributed by atoms with E-state index in [9.17, 15) is 18.9 Å². The van der Waals surface area contributed by atoms with Crippen LogP contribution < -0.4 is 10.4 Å². The van der Waals surface area contributed by atoms with Gasteiger partial charge in [0.15, 0.2) is 8.03 Å². The smallest absolute Gasteiger partial charge is 0.305 e. The van der Waals surface area contributed by atoms with E-state index in [0.29, 0.717) is 0 Å². The Balaban J connectivity index is 1.41. The van der Waals surface area contributed by atoms with Gasteiger partial charge in [-0.1, -0.05) is 136 Å². The van der Waals surface area contributed by atoms with Gasteiger partial charge in [0.05, 0.1) is 12.5 Å². The summed E-state index contributed by atoms with van der Waals surface area (Å²) in [7, 11) is -5.83. The molecule has 0 fully saturated rings. The number of aryl methyl sites for hydroxylation is 1. The van der Waals surface area contributed by atoms with Crippen LogP contribution in [-0.2, 0) is 18.3 Å². The summed E-state index contributed by atoms with van der Waals surface area (Å²) in [5, 5.41) is 13.5. The highest BCUT2D eigenvalue weighted by atomic mass is 31.1. The molecule has 5 aromatic carbocycles. The Hall–Kier alpha value is -4.31. The molecular weight excluding hydrogens is 638 g/mol. The van der Waals surface area contributed by atoms with Gasteiger partial charge in [0.25, 0.3) is 8.32 Å². The lowest BCUT2D eigenvalue weighted by atomic mass is 9.90. The molecule has 0 aliphatic rings. The first-order chi connectivity index (χ1) is 23.0. The van der Waals surface area contributed by atoms with Crippen LogP contribution in [0.2, 0.25) is 5.04 Å². The molecular formula is C40H40FO5PSi. The van der Waals surface area contributed by atoms with Crippen molar-refractivity contribution in [2.45, 2.75) is 45.3 Å². The SMILES string of the molecule is Cc1cc2ccccc2c(-c2ccc(F)cc2)c1C#CCO[PH](=O)CC(CC(=O)O)O[Si](c1ccccc1)(c1ccccc1)C(C)(C)C. The van der Waals surface area contributed by atoms with Gasteiger partial charge in [-0.25, -0.2) is 4.39 Å². The lowest BCUT2D eigenvalue weighted by Gasteiger charge is -2.45. The molecule has 1 N–H and O–H groups in total. The Morgan fingerprint density at radius 2 is 1.48 bits per heavy atom. The molecule has 0 bridgehead atoms. The standard InChI is InChI=1S/C40H40FO5PSi/c1-29-26-31-14-11-12-19-37(31)39(30-21-23-32(41)24-22-30)36(29)20-13-25-45-47(44)28-33(27-38(42)43)46-48(40(2,3)4,34-15-7-5-8-16-34)35-17-9-6-10-18-35/h5-12,14-19,21-24,26,33,47H,25,27-28H2,1-4H3,(H,42,43). The number of halogens is 1. The Morgan fingerprint density at radius 1 is 0.896 bits per heavy atom. The fourth-order valence-corrected chi connectivity index (χ4v) is 12.1. The fourth-order valence-electron chi connectivity index (χ4n) is 6.34. The van der Waals surface area contributed by atoms with Gasteiger partial charge in [-0.05, 0) is 56.4 Å². The van der Waals surface area contributed by atoms with E-state index in [4.69, 9.17) is 8.95 Å². The molecule has 0 aliphatic heterocycles. The number of aliphatic carboxylic acids is 1. The highest BCUT2D eigenvalue weighted by molar-refractivity contribution is 7.39. The molecule has 0 saturated heterocycles. The normalized spacial score (nSPS) is 13.0. The minimum absolute atomic E-state index is 0.0566.